The van der Waals surface area contributed by atoms with Crippen LogP contribution in [0.5, 0.6) is 0 Å². The van der Waals surface area contributed by atoms with Gasteiger partial charge in [-0.3, -0.25) is 14.4 Å². The normalized spacial score (nSPS) is 11.8. The molecule has 7 heteroatoms. The number of hydrogen-bond donors (Lipinski definition) is 4. The summed E-state index contributed by atoms with van der Waals surface area (Å²) in [4.78, 5) is 35.4. The standard InChI is InChI=1S/C9H11N3O4/c10-7(14)6(13)4-12-9(16)5-2-1-3-11-8(5)15/h1-3,6,13H,4H2,(H2,10,14)(H,11,15)(H,12,16). The average Bonchev–Trinajstić information content (AvgIpc) is 2.25. The molecule has 0 spiro atoms. The molecule has 1 unspecified atom stereocenters. The Hall–Kier alpha value is -2.15. The summed E-state index contributed by atoms with van der Waals surface area (Å²) in [6.45, 7) is -0.331. The molecule has 86 valence electrons. The van der Waals surface area contributed by atoms with Gasteiger partial charge in [-0.25, -0.2) is 0 Å². The van der Waals surface area contributed by atoms with Crippen LogP contribution in [0.3, 0.4) is 0 Å². The molecule has 0 fully saturated rings. The predicted molar refractivity (Wildman–Crippen MR) is 54.6 cm³/mol. The minimum atomic E-state index is -1.47. The molecule has 1 aromatic rings. The van der Waals surface area contributed by atoms with Gasteiger partial charge in [0.15, 0.2) is 0 Å². The SMILES string of the molecule is NC(=O)C(O)CNC(=O)c1ccc[nH]c1=O. The number of aliphatic hydroxyl groups excluding tert-OH is 1. The predicted octanol–water partition coefficient (Wildman–Crippen LogP) is -2.05. The molecule has 1 aromatic heterocycles. The van der Waals surface area contributed by atoms with Gasteiger partial charge in [0.1, 0.15) is 11.7 Å². The van der Waals surface area contributed by atoms with Crippen LogP contribution >= 0.6 is 0 Å². The number of primary amides is 1. The van der Waals surface area contributed by atoms with Crippen LogP contribution in [0.4, 0.5) is 0 Å². The quantitative estimate of drug-likeness (QED) is 0.470. The van der Waals surface area contributed by atoms with Crippen molar-refractivity contribution in [1.82, 2.24) is 10.3 Å². The molecule has 2 amide bonds. The van der Waals surface area contributed by atoms with Crippen LogP contribution in [0.15, 0.2) is 23.1 Å². The van der Waals surface area contributed by atoms with Gasteiger partial charge >= 0.3 is 0 Å². The fourth-order valence-corrected chi connectivity index (χ4v) is 0.986. The lowest BCUT2D eigenvalue weighted by Crippen LogP contribution is -2.41. The number of pyridine rings is 1. The summed E-state index contributed by atoms with van der Waals surface area (Å²) in [6.07, 6.45) is -0.0797. The van der Waals surface area contributed by atoms with Gasteiger partial charge < -0.3 is 21.1 Å². The smallest absolute Gasteiger partial charge is 0.260 e. The molecule has 0 aliphatic rings. The van der Waals surface area contributed by atoms with Crippen molar-refractivity contribution >= 4 is 11.8 Å². The van der Waals surface area contributed by atoms with E-state index < -0.39 is 23.5 Å². The van der Waals surface area contributed by atoms with E-state index >= 15 is 0 Å². The Balaban J connectivity index is 2.64. The van der Waals surface area contributed by atoms with Crippen LogP contribution in [0.25, 0.3) is 0 Å². The minimum Gasteiger partial charge on any atom is -0.381 e. The van der Waals surface area contributed by atoms with Crippen molar-refractivity contribution in [1.29, 1.82) is 0 Å². The number of aromatic amines is 1. The van der Waals surface area contributed by atoms with E-state index in [1.807, 2.05) is 0 Å². The second kappa shape index (κ2) is 5.08. The molecule has 0 saturated carbocycles. The van der Waals surface area contributed by atoms with Crippen molar-refractivity contribution in [2.45, 2.75) is 6.10 Å². The molecule has 0 radical (unpaired) electrons. The maximum Gasteiger partial charge on any atom is 0.260 e. The third-order valence-corrected chi connectivity index (χ3v) is 1.85. The highest BCUT2D eigenvalue weighted by Gasteiger charge is 2.14. The van der Waals surface area contributed by atoms with E-state index in [4.69, 9.17) is 10.8 Å². The highest BCUT2D eigenvalue weighted by molar-refractivity contribution is 5.94. The van der Waals surface area contributed by atoms with Crippen LogP contribution in [-0.2, 0) is 4.79 Å². The van der Waals surface area contributed by atoms with Crippen LogP contribution in [0.2, 0.25) is 0 Å². The zero-order chi connectivity index (χ0) is 12.1. The van der Waals surface area contributed by atoms with E-state index in [-0.39, 0.29) is 12.1 Å². The number of aliphatic hydroxyl groups is 1. The monoisotopic (exact) mass is 225 g/mol. The lowest BCUT2D eigenvalue weighted by atomic mass is 10.2. The lowest BCUT2D eigenvalue weighted by molar-refractivity contribution is -0.125. The lowest BCUT2D eigenvalue weighted by Gasteiger charge is -2.07. The summed E-state index contributed by atoms with van der Waals surface area (Å²) < 4.78 is 0. The molecule has 0 bridgehead atoms. The van der Waals surface area contributed by atoms with Crippen LogP contribution < -0.4 is 16.6 Å². The number of H-pyrrole nitrogens is 1. The molecule has 16 heavy (non-hydrogen) atoms. The van der Waals surface area contributed by atoms with E-state index in [0.29, 0.717) is 0 Å². The average molecular weight is 225 g/mol. The number of hydrogen-bond acceptors (Lipinski definition) is 4. The Bertz CT molecular complexity index is 454. The van der Waals surface area contributed by atoms with Gasteiger partial charge in [-0.05, 0) is 12.1 Å². The number of aromatic nitrogens is 1. The fourth-order valence-electron chi connectivity index (χ4n) is 0.986. The van der Waals surface area contributed by atoms with E-state index in [1.165, 1.54) is 18.3 Å². The molecule has 7 nitrogen and oxygen atoms in total. The highest BCUT2D eigenvalue weighted by atomic mass is 16.3. The van der Waals surface area contributed by atoms with Gasteiger partial charge in [0.05, 0.1) is 6.54 Å². The molecule has 0 saturated heterocycles. The molecular formula is C9H11N3O4. The molecular weight excluding hydrogens is 214 g/mol. The largest absolute Gasteiger partial charge is 0.381 e. The molecule has 0 aliphatic carbocycles. The second-order valence-corrected chi connectivity index (χ2v) is 3.04. The first-order valence-electron chi connectivity index (χ1n) is 4.45. The molecule has 1 rings (SSSR count). The van der Waals surface area contributed by atoms with Crippen LogP contribution in [-0.4, -0.2) is 34.6 Å². The summed E-state index contributed by atoms with van der Waals surface area (Å²) >= 11 is 0. The Morgan fingerprint density at radius 1 is 1.56 bits per heavy atom. The van der Waals surface area contributed by atoms with E-state index in [1.54, 1.807) is 0 Å². The summed E-state index contributed by atoms with van der Waals surface area (Å²) in [6, 6.07) is 2.81. The Kier molecular flexibility index (Phi) is 3.78. The number of carbonyl (C=O) groups excluding carboxylic acids is 2. The van der Waals surface area contributed by atoms with E-state index in [0.717, 1.165) is 0 Å². The third kappa shape index (κ3) is 2.92. The van der Waals surface area contributed by atoms with E-state index in [2.05, 4.69) is 10.3 Å². The molecule has 1 atom stereocenters. The first-order valence-corrected chi connectivity index (χ1v) is 4.45. The number of rotatable bonds is 4. The number of nitrogens with two attached hydrogens (primary N) is 1. The van der Waals surface area contributed by atoms with Gasteiger partial charge in [0.2, 0.25) is 5.91 Å². The van der Waals surface area contributed by atoms with E-state index in [9.17, 15) is 14.4 Å². The molecule has 1 heterocycles. The molecule has 5 N–H and O–H groups in total. The van der Waals surface area contributed by atoms with Crippen molar-refractivity contribution in [3.8, 4) is 0 Å². The Morgan fingerprint density at radius 2 is 2.25 bits per heavy atom. The van der Waals surface area contributed by atoms with Crippen molar-refractivity contribution in [2.75, 3.05) is 6.54 Å². The summed E-state index contributed by atoms with van der Waals surface area (Å²) in [7, 11) is 0. The maximum atomic E-state index is 11.4. The molecule has 0 aliphatic heterocycles. The Labute approximate surface area is 90.3 Å². The van der Waals surface area contributed by atoms with Crippen molar-refractivity contribution in [3.05, 3.63) is 34.2 Å². The third-order valence-electron chi connectivity index (χ3n) is 1.85. The topological polar surface area (TPSA) is 125 Å². The highest BCUT2D eigenvalue weighted by Crippen LogP contribution is 1.89. The Morgan fingerprint density at radius 3 is 2.81 bits per heavy atom. The first kappa shape index (κ1) is 11.9. The van der Waals surface area contributed by atoms with Gasteiger partial charge in [0.25, 0.3) is 11.5 Å². The van der Waals surface area contributed by atoms with Crippen molar-refractivity contribution in [3.63, 3.8) is 0 Å². The second-order valence-electron chi connectivity index (χ2n) is 3.04. The summed E-state index contributed by atoms with van der Waals surface area (Å²) in [5, 5.41) is 11.2. The summed E-state index contributed by atoms with van der Waals surface area (Å²) in [5.74, 6) is -1.62. The van der Waals surface area contributed by atoms with Crippen molar-refractivity contribution < 1.29 is 14.7 Å². The van der Waals surface area contributed by atoms with Crippen LogP contribution in [0.1, 0.15) is 10.4 Å². The fraction of sp³-hybridized carbons (Fsp3) is 0.222. The van der Waals surface area contributed by atoms with Crippen molar-refractivity contribution in [2.24, 2.45) is 5.73 Å². The zero-order valence-corrected chi connectivity index (χ0v) is 8.27. The zero-order valence-electron chi connectivity index (χ0n) is 8.27. The number of nitrogens with one attached hydrogen (secondary N) is 2. The number of carbonyl (C=O) groups is 2. The first-order chi connectivity index (χ1) is 7.52. The van der Waals surface area contributed by atoms with Gasteiger partial charge in [-0.2, -0.15) is 0 Å². The maximum absolute atomic E-state index is 11.4. The van der Waals surface area contributed by atoms with Gasteiger partial charge in [-0.15, -0.1) is 0 Å². The minimum absolute atomic E-state index is 0.0980. The number of amides is 2. The van der Waals surface area contributed by atoms with Gasteiger partial charge in [-0.1, -0.05) is 0 Å². The summed E-state index contributed by atoms with van der Waals surface area (Å²) in [5.41, 5.74) is 4.14. The van der Waals surface area contributed by atoms with Gasteiger partial charge in [0, 0.05) is 6.20 Å². The van der Waals surface area contributed by atoms with Crippen LogP contribution in [0, 0.1) is 0 Å². The molecule has 0 aromatic carbocycles.